The number of nitrogens with zero attached hydrogens (tertiary/aromatic N) is 3. The summed E-state index contributed by atoms with van der Waals surface area (Å²) < 4.78 is 1.93. The minimum Gasteiger partial charge on any atom is -0.230 e. The highest BCUT2D eigenvalue weighted by atomic mass is 15.4. The molecule has 0 saturated heterocycles. The van der Waals surface area contributed by atoms with Crippen molar-refractivity contribution in [3.8, 4) is 0 Å². The molecule has 0 radical (unpaired) electrons. The van der Waals surface area contributed by atoms with Gasteiger partial charge in [0.25, 0.3) is 0 Å². The maximum atomic E-state index is 4.28. The van der Waals surface area contributed by atoms with Crippen molar-refractivity contribution in [3.63, 3.8) is 0 Å². The molecule has 0 aromatic carbocycles. The number of rotatable bonds is 0. The molecule has 2 aliphatic rings. The molecule has 3 nitrogen and oxygen atoms in total. The van der Waals surface area contributed by atoms with Gasteiger partial charge in [-0.15, -0.1) is 0 Å². The molecule has 2 aliphatic heterocycles. The quantitative estimate of drug-likeness (QED) is 0.455. The number of aliphatic imine (C=N–C) groups is 1. The number of amidine groups is 1. The number of fused-ring (bicyclic) bond motifs is 1. The molecule has 3 heteroatoms. The average Bonchev–Trinajstić information content (AvgIpc) is 2.34. The van der Waals surface area contributed by atoms with Crippen LogP contribution in [0.15, 0.2) is 22.2 Å². The Morgan fingerprint density at radius 3 is 3.09 bits per heavy atom. The first kappa shape index (κ1) is 6.46. The Bertz CT molecular complexity index is 307. The van der Waals surface area contributed by atoms with Crippen molar-refractivity contribution >= 4 is 17.8 Å². The van der Waals surface area contributed by atoms with Crippen molar-refractivity contribution < 1.29 is 4.68 Å². The topological polar surface area (TPSA) is 27.7 Å². The van der Waals surface area contributed by atoms with Crippen LogP contribution in [0.4, 0.5) is 0 Å². The normalized spacial score (nSPS) is 27.5. The Hall–Kier alpha value is -1.25. The molecule has 1 atom stereocenters. The van der Waals surface area contributed by atoms with Gasteiger partial charge in [-0.25, -0.2) is 4.99 Å². The van der Waals surface area contributed by atoms with Crippen LogP contribution in [0, 0.1) is 0 Å². The predicted molar refractivity (Wildman–Crippen MR) is 45.5 cm³/mol. The minimum atomic E-state index is 0.277. The highest BCUT2D eigenvalue weighted by molar-refractivity contribution is 6.01. The van der Waals surface area contributed by atoms with E-state index in [1.807, 2.05) is 30.8 Å². The molecule has 2 rings (SSSR count). The molecule has 0 aliphatic carbocycles. The van der Waals surface area contributed by atoms with Crippen LogP contribution >= 0.6 is 0 Å². The average molecular weight is 148 g/mol. The third kappa shape index (κ3) is 0.926. The zero-order valence-corrected chi connectivity index (χ0v) is 6.65. The van der Waals surface area contributed by atoms with Gasteiger partial charge in [0.1, 0.15) is 0 Å². The van der Waals surface area contributed by atoms with E-state index < -0.39 is 0 Å². The van der Waals surface area contributed by atoms with Crippen molar-refractivity contribution in [1.29, 1.82) is 0 Å². The van der Waals surface area contributed by atoms with Crippen LogP contribution in [-0.4, -0.2) is 28.5 Å². The van der Waals surface area contributed by atoms with Crippen LogP contribution in [0.1, 0.15) is 13.8 Å². The Kier molecular flexibility index (Phi) is 1.24. The van der Waals surface area contributed by atoms with Crippen LogP contribution in [0.2, 0.25) is 0 Å². The van der Waals surface area contributed by atoms with Crippen molar-refractivity contribution in [2.45, 2.75) is 19.9 Å². The Balaban J connectivity index is 2.45. The Morgan fingerprint density at radius 2 is 2.27 bits per heavy atom. The van der Waals surface area contributed by atoms with Gasteiger partial charge in [-0.3, -0.25) is 0 Å². The van der Waals surface area contributed by atoms with Gasteiger partial charge >= 0.3 is 0 Å². The molecular formula is C8H10N3+. The second-order valence-electron chi connectivity index (χ2n) is 2.76. The van der Waals surface area contributed by atoms with E-state index in [0.717, 1.165) is 11.5 Å². The molecule has 1 unspecified atom stereocenters. The fourth-order valence-corrected chi connectivity index (χ4v) is 1.36. The van der Waals surface area contributed by atoms with Crippen molar-refractivity contribution in [2.24, 2.45) is 10.1 Å². The lowest BCUT2D eigenvalue weighted by molar-refractivity contribution is -0.536. The molecule has 0 aromatic heterocycles. The van der Waals surface area contributed by atoms with Gasteiger partial charge in [0.05, 0.1) is 5.71 Å². The van der Waals surface area contributed by atoms with Gasteiger partial charge in [-0.1, -0.05) is 4.68 Å². The first-order valence-corrected chi connectivity index (χ1v) is 3.68. The summed E-state index contributed by atoms with van der Waals surface area (Å²) in [5.41, 5.74) is 1.11. The number of hydrogen-bond acceptors (Lipinski definition) is 2. The minimum absolute atomic E-state index is 0.277. The maximum absolute atomic E-state index is 4.28. The van der Waals surface area contributed by atoms with Crippen LogP contribution < -0.4 is 0 Å². The largest absolute Gasteiger partial charge is 0.241 e. The number of allylic oxidation sites excluding steroid dienone is 1. The van der Waals surface area contributed by atoms with Crippen LogP contribution in [0.3, 0.4) is 0 Å². The molecule has 0 saturated carbocycles. The van der Waals surface area contributed by atoms with E-state index in [0.29, 0.717) is 0 Å². The van der Waals surface area contributed by atoms with Crippen molar-refractivity contribution in [2.75, 3.05) is 0 Å². The molecule has 11 heavy (non-hydrogen) atoms. The van der Waals surface area contributed by atoms with E-state index >= 15 is 0 Å². The van der Waals surface area contributed by atoms with Crippen LogP contribution in [0.25, 0.3) is 0 Å². The molecule has 2 heterocycles. The molecule has 0 bridgehead atoms. The number of hydrogen-bond donors (Lipinski definition) is 0. The summed E-state index contributed by atoms with van der Waals surface area (Å²) >= 11 is 0. The summed E-state index contributed by atoms with van der Waals surface area (Å²) in [5, 5.41) is 4.24. The van der Waals surface area contributed by atoms with Gasteiger partial charge in [-0.05, 0) is 13.0 Å². The van der Waals surface area contributed by atoms with E-state index in [2.05, 4.69) is 16.2 Å². The second-order valence-corrected chi connectivity index (χ2v) is 2.76. The summed E-state index contributed by atoms with van der Waals surface area (Å²) in [5.74, 6) is 0.832. The van der Waals surface area contributed by atoms with Gasteiger partial charge in [0, 0.05) is 18.1 Å². The zero-order chi connectivity index (χ0) is 7.84. The molecule has 56 valence electrons. The van der Waals surface area contributed by atoms with Gasteiger partial charge < -0.3 is 0 Å². The van der Waals surface area contributed by atoms with E-state index in [1.54, 1.807) is 0 Å². The predicted octanol–water partition coefficient (Wildman–Crippen LogP) is 0.816. The summed E-state index contributed by atoms with van der Waals surface area (Å²) in [4.78, 5) is 4.28. The lowest BCUT2D eigenvalue weighted by Crippen LogP contribution is -2.29. The lowest BCUT2D eigenvalue weighted by Gasteiger charge is -2.07. The lowest BCUT2D eigenvalue weighted by atomic mass is 10.2. The van der Waals surface area contributed by atoms with Crippen molar-refractivity contribution in [3.05, 3.63) is 12.2 Å². The first-order chi connectivity index (χ1) is 5.27. The summed E-state index contributed by atoms with van der Waals surface area (Å²) in [6.45, 7) is 3.94. The van der Waals surface area contributed by atoms with Gasteiger partial charge in [-0.2, -0.15) is 0 Å². The molecule has 0 fully saturated rings. The fourth-order valence-electron chi connectivity index (χ4n) is 1.36. The third-order valence-electron chi connectivity index (χ3n) is 1.84. The monoisotopic (exact) mass is 148 g/mol. The summed E-state index contributed by atoms with van der Waals surface area (Å²) in [6.07, 6.45) is 6.06. The SMILES string of the molecule is CC1=N[N+]2=CC=CC2C(C)=N1. The zero-order valence-electron chi connectivity index (χ0n) is 6.65. The molecule has 0 N–H and O–H groups in total. The molecule has 0 aromatic rings. The van der Waals surface area contributed by atoms with E-state index in [4.69, 9.17) is 0 Å². The van der Waals surface area contributed by atoms with Crippen LogP contribution in [0.5, 0.6) is 0 Å². The third-order valence-corrected chi connectivity index (χ3v) is 1.84. The van der Waals surface area contributed by atoms with E-state index in [-0.39, 0.29) is 6.04 Å². The smallest absolute Gasteiger partial charge is 0.230 e. The fraction of sp³-hybridized carbons (Fsp3) is 0.375. The molecular weight excluding hydrogens is 138 g/mol. The Labute approximate surface area is 65.5 Å². The highest BCUT2D eigenvalue weighted by Gasteiger charge is 2.28. The molecule has 0 spiro atoms. The summed E-state index contributed by atoms with van der Waals surface area (Å²) in [7, 11) is 0. The first-order valence-electron chi connectivity index (χ1n) is 3.68. The Morgan fingerprint density at radius 1 is 1.45 bits per heavy atom. The highest BCUT2D eigenvalue weighted by Crippen LogP contribution is 2.08. The van der Waals surface area contributed by atoms with Gasteiger partial charge in [0.2, 0.25) is 6.04 Å². The van der Waals surface area contributed by atoms with Gasteiger partial charge in [0.15, 0.2) is 12.1 Å². The molecule has 0 amide bonds. The summed E-state index contributed by atoms with van der Waals surface area (Å²) in [6, 6.07) is 0.277. The van der Waals surface area contributed by atoms with Crippen molar-refractivity contribution in [1.82, 2.24) is 0 Å². The maximum Gasteiger partial charge on any atom is 0.241 e. The number of hydrazone groups is 1. The standard InChI is InChI=1S/C8H10N3/c1-6-8-4-3-5-11(8)10-7(2)9-6/h3-5,8H,1-2H3/q+1. The van der Waals surface area contributed by atoms with E-state index in [9.17, 15) is 0 Å². The second kappa shape index (κ2) is 2.12. The van der Waals surface area contributed by atoms with E-state index in [1.165, 1.54) is 0 Å². The van der Waals surface area contributed by atoms with Crippen LogP contribution in [-0.2, 0) is 0 Å².